The highest BCUT2D eigenvalue weighted by atomic mass is 16.5. The van der Waals surface area contributed by atoms with Gasteiger partial charge in [-0.25, -0.2) is 0 Å². The van der Waals surface area contributed by atoms with Gasteiger partial charge in [0.05, 0.1) is 19.8 Å². The largest absolute Gasteiger partial charge is 0.508 e. The van der Waals surface area contributed by atoms with Crippen molar-refractivity contribution in [2.75, 3.05) is 13.7 Å². The van der Waals surface area contributed by atoms with Crippen molar-refractivity contribution in [2.24, 2.45) is 5.92 Å². The highest BCUT2D eigenvalue weighted by Gasteiger charge is 2.39. The smallest absolute Gasteiger partial charge is 0.164 e. The monoisotopic (exact) mass is 572 g/mol. The van der Waals surface area contributed by atoms with Crippen LogP contribution in [-0.4, -0.2) is 35.1 Å². The van der Waals surface area contributed by atoms with Gasteiger partial charge < -0.3 is 29.5 Å². The fourth-order valence-electron chi connectivity index (χ4n) is 7.38. The molecule has 6 heteroatoms. The highest BCUT2D eigenvalue weighted by Crippen LogP contribution is 2.54. The van der Waals surface area contributed by atoms with Crippen LogP contribution in [0.1, 0.15) is 98.3 Å². The summed E-state index contributed by atoms with van der Waals surface area (Å²) in [6.45, 7) is 7.13. The maximum absolute atomic E-state index is 11.7. The summed E-state index contributed by atoms with van der Waals surface area (Å²) in [4.78, 5) is 0. The molecule has 2 aliphatic heterocycles. The minimum absolute atomic E-state index is 0.131. The molecular formula is C36H44O6. The van der Waals surface area contributed by atoms with Crippen LogP contribution in [0, 0.1) is 5.92 Å². The number of phenols is 2. The molecule has 0 saturated heterocycles. The summed E-state index contributed by atoms with van der Waals surface area (Å²) in [5.41, 5.74) is 8.37. The number of unbranched alkanes of at least 4 members (excludes halogenated alkanes) is 2. The summed E-state index contributed by atoms with van der Waals surface area (Å²) < 4.78 is 18.6. The Morgan fingerprint density at radius 3 is 2.62 bits per heavy atom. The number of aliphatic hydroxyl groups excluding tert-OH is 1. The normalized spacial score (nSPS) is 20.6. The maximum atomic E-state index is 11.7. The number of rotatable bonds is 8. The van der Waals surface area contributed by atoms with Gasteiger partial charge >= 0.3 is 0 Å². The van der Waals surface area contributed by atoms with Crippen LogP contribution in [0.4, 0.5) is 0 Å². The van der Waals surface area contributed by atoms with E-state index < -0.39 is 12.2 Å². The number of ether oxygens (including phenoxy) is 3. The third-order valence-electron chi connectivity index (χ3n) is 9.27. The first-order chi connectivity index (χ1) is 20.3. The molecule has 0 fully saturated rings. The molecule has 6 rings (SSSR count). The molecule has 0 unspecified atom stereocenters. The van der Waals surface area contributed by atoms with Crippen LogP contribution in [0.3, 0.4) is 0 Å². The third-order valence-corrected chi connectivity index (χ3v) is 9.27. The number of benzene rings is 3. The van der Waals surface area contributed by atoms with Crippen LogP contribution in [0.2, 0.25) is 0 Å². The van der Waals surface area contributed by atoms with Crippen LogP contribution in [0.5, 0.6) is 28.7 Å². The SMILES string of the molecule is CCCCC[C@H]1Cc2cc(O)c(CC(C)C)cc2-c2c(OC)cc3c(c21)C[C@@H](O)[C@H](c1ccc(O)c2c1CCCO2)O3. The molecule has 6 nitrogen and oxygen atoms in total. The molecule has 3 N–H and O–H groups in total. The minimum Gasteiger partial charge on any atom is -0.508 e. The van der Waals surface area contributed by atoms with Crippen LogP contribution in [0.15, 0.2) is 30.3 Å². The highest BCUT2D eigenvalue weighted by molar-refractivity contribution is 5.83. The summed E-state index contributed by atoms with van der Waals surface area (Å²) >= 11 is 0. The van der Waals surface area contributed by atoms with Crippen LogP contribution in [-0.2, 0) is 25.7 Å². The molecule has 3 aromatic carbocycles. The quantitative estimate of drug-likeness (QED) is 0.242. The van der Waals surface area contributed by atoms with Gasteiger partial charge in [-0.15, -0.1) is 0 Å². The van der Waals surface area contributed by atoms with E-state index in [9.17, 15) is 15.3 Å². The second-order valence-corrected chi connectivity index (χ2v) is 12.7. The molecule has 0 spiro atoms. The molecule has 0 amide bonds. The Bertz CT molecular complexity index is 1470. The molecule has 0 saturated carbocycles. The van der Waals surface area contributed by atoms with Crippen molar-refractivity contribution in [3.05, 3.63) is 63.7 Å². The lowest BCUT2D eigenvalue weighted by atomic mass is 9.72. The Labute approximate surface area is 249 Å². The molecular weight excluding hydrogens is 528 g/mol. The second-order valence-electron chi connectivity index (χ2n) is 12.7. The number of aromatic hydroxyl groups is 2. The van der Waals surface area contributed by atoms with Gasteiger partial charge in [0.25, 0.3) is 0 Å². The van der Waals surface area contributed by atoms with Crippen LogP contribution < -0.4 is 14.2 Å². The van der Waals surface area contributed by atoms with Crippen molar-refractivity contribution >= 4 is 0 Å². The summed E-state index contributed by atoms with van der Waals surface area (Å²) in [7, 11) is 1.71. The van der Waals surface area contributed by atoms with Gasteiger partial charge in [0.2, 0.25) is 0 Å². The summed E-state index contributed by atoms with van der Waals surface area (Å²) in [5.74, 6) is 3.18. The average molecular weight is 573 g/mol. The molecule has 3 atom stereocenters. The van der Waals surface area contributed by atoms with Crippen LogP contribution >= 0.6 is 0 Å². The van der Waals surface area contributed by atoms with Crippen molar-refractivity contribution in [2.45, 2.75) is 96.7 Å². The topological polar surface area (TPSA) is 88.4 Å². The first kappa shape index (κ1) is 28.7. The molecule has 1 aliphatic carbocycles. The molecule has 3 aromatic rings. The Morgan fingerprint density at radius 1 is 1.02 bits per heavy atom. The number of aliphatic hydroxyl groups is 1. The van der Waals surface area contributed by atoms with Crippen molar-refractivity contribution in [3.8, 4) is 39.9 Å². The van der Waals surface area contributed by atoms with Crippen molar-refractivity contribution in [1.29, 1.82) is 0 Å². The zero-order valence-corrected chi connectivity index (χ0v) is 25.3. The predicted molar refractivity (Wildman–Crippen MR) is 164 cm³/mol. The second kappa shape index (κ2) is 11.7. The predicted octanol–water partition coefficient (Wildman–Crippen LogP) is 7.55. The van der Waals surface area contributed by atoms with Crippen molar-refractivity contribution < 1.29 is 29.5 Å². The van der Waals surface area contributed by atoms with Gasteiger partial charge in [-0.1, -0.05) is 46.1 Å². The van der Waals surface area contributed by atoms with E-state index in [0.29, 0.717) is 30.4 Å². The van der Waals surface area contributed by atoms with Crippen molar-refractivity contribution in [1.82, 2.24) is 0 Å². The maximum Gasteiger partial charge on any atom is 0.164 e. The molecule has 0 radical (unpaired) electrons. The lowest BCUT2D eigenvalue weighted by molar-refractivity contribution is 0.0193. The number of fused-ring (bicyclic) bond motifs is 6. The molecule has 3 aliphatic rings. The van der Waals surface area contributed by atoms with Gasteiger partial charge in [-0.2, -0.15) is 0 Å². The van der Waals surface area contributed by atoms with E-state index in [1.165, 1.54) is 12.0 Å². The molecule has 0 aromatic heterocycles. The van der Waals surface area contributed by atoms with E-state index in [-0.39, 0.29) is 11.7 Å². The Balaban J connectivity index is 1.49. The average Bonchev–Trinajstić information content (AvgIpc) is 2.97. The number of hydrogen-bond acceptors (Lipinski definition) is 6. The number of methoxy groups -OCH3 is 1. The van der Waals surface area contributed by atoms with Gasteiger partial charge in [0.15, 0.2) is 17.6 Å². The van der Waals surface area contributed by atoms with Gasteiger partial charge in [-0.05, 0) is 84.4 Å². The van der Waals surface area contributed by atoms with Gasteiger partial charge in [0, 0.05) is 34.7 Å². The lowest BCUT2D eigenvalue weighted by Crippen LogP contribution is -2.33. The van der Waals surface area contributed by atoms with Gasteiger partial charge in [-0.3, -0.25) is 0 Å². The Morgan fingerprint density at radius 2 is 1.86 bits per heavy atom. The van der Waals surface area contributed by atoms with E-state index in [2.05, 4.69) is 26.8 Å². The third kappa shape index (κ3) is 5.08. The molecule has 0 bridgehead atoms. The minimum atomic E-state index is -0.750. The number of phenolic OH excluding ortho intramolecular Hbond substituents is 2. The molecule has 224 valence electrons. The lowest BCUT2D eigenvalue weighted by Gasteiger charge is -2.38. The zero-order valence-electron chi connectivity index (χ0n) is 25.3. The fraction of sp³-hybridized carbons (Fsp3) is 0.500. The first-order valence-corrected chi connectivity index (χ1v) is 15.7. The fourth-order valence-corrected chi connectivity index (χ4v) is 7.38. The number of hydrogen-bond donors (Lipinski definition) is 3. The van der Waals surface area contributed by atoms with Gasteiger partial charge in [0.1, 0.15) is 17.2 Å². The van der Waals surface area contributed by atoms with E-state index in [1.807, 2.05) is 18.2 Å². The van der Waals surface area contributed by atoms with E-state index >= 15 is 0 Å². The molecule has 42 heavy (non-hydrogen) atoms. The summed E-state index contributed by atoms with van der Waals surface area (Å²) in [6, 6.07) is 9.63. The Kier molecular flexibility index (Phi) is 8.01. The van der Waals surface area contributed by atoms with Crippen molar-refractivity contribution in [3.63, 3.8) is 0 Å². The van der Waals surface area contributed by atoms with E-state index in [0.717, 1.165) is 95.4 Å². The van der Waals surface area contributed by atoms with E-state index in [4.69, 9.17) is 14.2 Å². The zero-order chi connectivity index (χ0) is 29.5. The standard InChI is InChI=1S/C36H44O6/c1-5-6-7-9-21-15-22-17-29(38)23(14-20(2)3)16-26(22)34-32(40-4)19-31-27(33(21)34)18-30(39)36(42-31)25-11-12-28(37)35-24(25)10-8-13-41-35/h11-12,16-17,19-21,30,36-39H,5-10,13-15,18H2,1-4H3/t21-,30+,36-/m0/s1. The Hall–Kier alpha value is -3.38. The molecule has 2 heterocycles. The van der Waals surface area contributed by atoms with E-state index in [1.54, 1.807) is 13.2 Å². The van der Waals surface area contributed by atoms with Crippen LogP contribution in [0.25, 0.3) is 11.1 Å². The summed E-state index contributed by atoms with van der Waals surface area (Å²) in [6.07, 6.45) is 6.87. The summed E-state index contributed by atoms with van der Waals surface area (Å²) in [5, 5.41) is 33.0. The first-order valence-electron chi connectivity index (χ1n) is 15.7.